The molecule has 2 rings (SSSR count). The lowest BCUT2D eigenvalue weighted by atomic mass is 10.1. The lowest BCUT2D eigenvalue weighted by Gasteiger charge is -2.07. The van der Waals surface area contributed by atoms with E-state index in [1.54, 1.807) is 23.5 Å². The van der Waals surface area contributed by atoms with E-state index in [2.05, 4.69) is 22.1 Å². The second-order valence-electron chi connectivity index (χ2n) is 4.69. The number of thioether (sulfide) groups is 1. The molecule has 0 aliphatic rings. The zero-order valence-corrected chi connectivity index (χ0v) is 13.8. The first-order chi connectivity index (χ1) is 10.7. The molecule has 0 unspecified atom stereocenters. The second-order valence-corrected chi connectivity index (χ2v) is 6.83. The molecular weight excluding hydrogens is 319 g/mol. The number of nitrogens with one attached hydrogen (secondary N) is 2. The quantitative estimate of drug-likeness (QED) is 0.721. The van der Waals surface area contributed by atoms with Gasteiger partial charge in [0.15, 0.2) is 0 Å². The van der Waals surface area contributed by atoms with Crippen molar-refractivity contribution in [3.8, 4) is 0 Å². The maximum Gasteiger partial charge on any atom is 0.314 e. The molecule has 0 aliphatic heterocycles. The Morgan fingerprint density at radius 2 is 1.91 bits per heavy atom. The van der Waals surface area contributed by atoms with Crippen LogP contribution < -0.4 is 10.6 Å². The van der Waals surface area contributed by atoms with Crippen molar-refractivity contribution in [3.63, 3.8) is 0 Å². The highest BCUT2D eigenvalue weighted by Gasteiger charge is 2.00. The highest BCUT2D eigenvalue weighted by molar-refractivity contribution is 7.98. The summed E-state index contributed by atoms with van der Waals surface area (Å²) in [6.45, 7) is 1.19. The summed E-state index contributed by atoms with van der Waals surface area (Å²) < 4.78 is 12.7. The number of carbonyl (C=O) groups excluding carboxylic acids is 1. The van der Waals surface area contributed by atoms with Crippen LogP contribution in [-0.2, 0) is 12.2 Å². The topological polar surface area (TPSA) is 41.1 Å². The highest BCUT2D eigenvalue weighted by atomic mass is 32.2. The van der Waals surface area contributed by atoms with E-state index in [0.29, 0.717) is 19.5 Å². The average molecular weight is 338 g/mol. The molecule has 0 fully saturated rings. The van der Waals surface area contributed by atoms with Gasteiger partial charge in [-0.15, -0.1) is 11.3 Å². The van der Waals surface area contributed by atoms with E-state index in [4.69, 9.17) is 0 Å². The number of thiophene rings is 1. The molecular formula is C16H19FN2OS2. The summed E-state index contributed by atoms with van der Waals surface area (Å²) >= 11 is 3.56. The first-order valence-electron chi connectivity index (χ1n) is 7.10. The molecule has 6 heteroatoms. The smallest absolute Gasteiger partial charge is 0.314 e. The molecule has 2 amide bonds. The van der Waals surface area contributed by atoms with Gasteiger partial charge in [-0.1, -0.05) is 18.2 Å². The second kappa shape index (κ2) is 9.48. The van der Waals surface area contributed by atoms with E-state index < -0.39 is 0 Å². The Balaban J connectivity index is 1.50. The minimum absolute atomic E-state index is 0.154. The molecule has 0 saturated carbocycles. The molecule has 1 aromatic carbocycles. The Morgan fingerprint density at radius 3 is 2.64 bits per heavy atom. The molecule has 0 radical (unpaired) electrons. The third-order valence-electron chi connectivity index (χ3n) is 2.97. The fraction of sp³-hybridized carbons (Fsp3) is 0.312. The van der Waals surface area contributed by atoms with Gasteiger partial charge in [0.25, 0.3) is 0 Å². The Labute approximate surface area is 138 Å². The highest BCUT2D eigenvalue weighted by Crippen LogP contribution is 2.16. The maximum absolute atomic E-state index is 12.7. The van der Waals surface area contributed by atoms with Gasteiger partial charge < -0.3 is 10.6 Å². The van der Waals surface area contributed by atoms with Gasteiger partial charge in [0.05, 0.1) is 0 Å². The van der Waals surface area contributed by atoms with Crippen molar-refractivity contribution in [2.75, 3.05) is 18.8 Å². The minimum Gasteiger partial charge on any atom is -0.338 e. The fourth-order valence-electron chi connectivity index (χ4n) is 1.84. The van der Waals surface area contributed by atoms with Gasteiger partial charge in [-0.25, -0.2) is 9.18 Å². The number of hydrogen-bond acceptors (Lipinski definition) is 3. The zero-order chi connectivity index (χ0) is 15.6. The summed E-state index contributed by atoms with van der Waals surface area (Å²) in [7, 11) is 0. The van der Waals surface area contributed by atoms with Crippen molar-refractivity contribution in [2.45, 2.75) is 12.2 Å². The van der Waals surface area contributed by atoms with Crippen molar-refractivity contribution in [3.05, 3.63) is 58.0 Å². The van der Waals surface area contributed by atoms with Gasteiger partial charge in [0, 0.05) is 29.5 Å². The van der Waals surface area contributed by atoms with Gasteiger partial charge in [0.2, 0.25) is 0 Å². The molecule has 1 aromatic heterocycles. The van der Waals surface area contributed by atoms with Crippen LogP contribution in [0.3, 0.4) is 0 Å². The van der Waals surface area contributed by atoms with Gasteiger partial charge in [0.1, 0.15) is 5.82 Å². The third-order valence-corrected chi connectivity index (χ3v) is 5.04. The molecule has 1 heterocycles. The first kappa shape index (κ1) is 16.8. The number of hydrogen-bond donors (Lipinski definition) is 2. The van der Waals surface area contributed by atoms with Crippen LogP contribution in [0.4, 0.5) is 9.18 Å². The van der Waals surface area contributed by atoms with Crippen molar-refractivity contribution in [2.24, 2.45) is 0 Å². The van der Waals surface area contributed by atoms with Crippen molar-refractivity contribution >= 4 is 29.1 Å². The van der Waals surface area contributed by atoms with E-state index in [-0.39, 0.29) is 11.8 Å². The predicted octanol–water partition coefficient (Wildman–Crippen LogP) is 3.66. The molecule has 0 spiro atoms. The molecule has 3 nitrogen and oxygen atoms in total. The molecule has 0 aliphatic carbocycles. The molecule has 2 N–H and O–H groups in total. The van der Waals surface area contributed by atoms with Crippen LogP contribution >= 0.6 is 23.1 Å². The van der Waals surface area contributed by atoms with E-state index in [1.165, 1.54) is 17.0 Å². The zero-order valence-electron chi connectivity index (χ0n) is 12.2. The largest absolute Gasteiger partial charge is 0.338 e. The van der Waals surface area contributed by atoms with Crippen LogP contribution in [0, 0.1) is 5.82 Å². The average Bonchev–Trinajstić information content (AvgIpc) is 3.02. The lowest BCUT2D eigenvalue weighted by Crippen LogP contribution is -2.37. The van der Waals surface area contributed by atoms with Gasteiger partial charge in [-0.3, -0.25) is 0 Å². The van der Waals surface area contributed by atoms with Crippen molar-refractivity contribution < 1.29 is 9.18 Å². The minimum atomic E-state index is -0.241. The molecule has 0 bridgehead atoms. The van der Waals surface area contributed by atoms with Crippen LogP contribution in [0.2, 0.25) is 0 Å². The van der Waals surface area contributed by atoms with E-state index in [1.807, 2.05) is 17.8 Å². The Bertz CT molecular complexity index is 558. The molecule has 118 valence electrons. The normalized spacial score (nSPS) is 10.4. The molecule has 22 heavy (non-hydrogen) atoms. The SMILES string of the molecule is O=C(NCCSCc1cccs1)NCCc1ccc(F)cc1. The van der Waals surface area contributed by atoms with Gasteiger partial charge >= 0.3 is 6.03 Å². The van der Waals surface area contributed by atoms with Crippen LogP contribution in [0.1, 0.15) is 10.4 Å². The lowest BCUT2D eigenvalue weighted by molar-refractivity contribution is 0.241. The summed E-state index contributed by atoms with van der Waals surface area (Å²) in [6, 6.07) is 10.3. The van der Waals surface area contributed by atoms with Crippen LogP contribution in [0.25, 0.3) is 0 Å². The van der Waals surface area contributed by atoms with Crippen molar-refractivity contribution in [1.29, 1.82) is 0 Å². The molecule has 2 aromatic rings. The summed E-state index contributed by atoms with van der Waals surface area (Å²) in [5.41, 5.74) is 1.01. The predicted molar refractivity (Wildman–Crippen MR) is 92.0 cm³/mol. The first-order valence-corrected chi connectivity index (χ1v) is 9.14. The summed E-state index contributed by atoms with van der Waals surface area (Å²) in [6.07, 6.45) is 0.695. The Morgan fingerprint density at radius 1 is 1.14 bits per heavy atom. The van der Waals surface area contributed by atoms with E-state index >= 15 is 0 Å². The number of urea groups is 1. The molecule has 0 saturated heterocycles. The summed E-state index contributed by atoms with van der Waals surface area (Å²) in [4.78, 5) is 12.9. The summed E-state index contributed by atoms with van der Waals surface area (Å²) in [5.74, 6) is 1.64. The van der Waals surface area contributed by atoms with Crippen LogP contribution in [-0.4, -0.2) is 24.9 Å². The Kier molecular flexibility index (Phi) is 7.25. The van der Waals surface area contributed by atoms with E-state index in [9.17, 15) is 9.18 Å². The molecule has 0 atom stereocenters. The van der Waals surface area contributed by atoms with E-state index in [0.717, 1.165) is 17.1 Å². The number of amides is 2. The maximum atomic E-state index is 12.7. The summed E-state index contributed by atoms with van der Waals surface area (Å²) in [5, 5.41) is 7.70. The van der Waals surface area contributed by atoms with Crippen LogP contribution in [0.15, 0.2) is 41.8 Å². The number of halogens is 1. The van der Waals surface area contributed by atoms with Crippen LogP contribution in [0.5, 0.6) is 0 Å². The number of benzene rings is 1. The monoisotopic (exact) mass is 338 g/mol. The standard InChI is InChI=1S/C16H19FN2OS2/c17-14-5-3-13(4-6-14)7-8-18-16(20)19-9-11-21-12-15-2-1-10-22-15/h1-6,10H,7-9,11-12H2,(H2,18,19,20). The number of carbonyl (C=O) groups is 1. The van der Waals surface area contributed by atoms with Crippen molar-refractivity contribution in [1.82, 2.24) is 10.6 Å². The van der Waals surface area contributed by atoms with Gasteiger partial charge in [-0.2, -0.15) is 11.8 Å². The third kappa shape index (κ3) is 6.49. The number of rotatable bonds is 8. The van der Waals surface area contributed by atoms with Gasteiger partial charge in [-0.05, 0) is 35.6 Å². The Hall–Kier alpha value is -1.53. The fourth-order valence-corrected chi connectivity index (χ4v) is 3.54.